The van der Waals surface area contributed by atoms with Crippen molar-refractivity contribution in [3.63, 3.8) is 0 Å². The minimum Gasteiger partial charge on any atom is -0.249 e. The Bertz CT molecular complexity index is 270. The molecule has 2 rings (SSSR count). The van der Waals surface area contributed by atoms with E-state index in [2.05, 4.69) is 17.2 Å². The lowest BCUT2D eigenvalue weighted by atomic mass is 10.2. The first kappa shape index (κ1) is 9.00. The van der Waals surface area contributed by atoms with E-state index in [9.17, 15) is 0 Å². The molecule has 3 nitrogen and oxygen atoms in total. The molecule has 0 aromatic carbocycles. The molecule has 13 heavy (non-hydrogen) atoms. The lowest BCUT2D eigenvalue weighted by Crippen LogP contribution is -2.04. The van der Waals surface area contributed by atoms with E-state index < -0.39 is 0 Å². The lowest BCUT2D eigenvalue weighted by molar-refractivity contribution is 0.585. The van der Waals surface area contributed by atoms with Crippen LogP contribution in [-0.2, 0) is 18.8 Å². The third-order valence-electron chi connectivity index (χ3n) is 2.52. The van der Waals surface area contributed by atoms with Gasteiger partial charge in [-0.05, 0) is 32.1 Å². The highest BCUT2D eigenvalue weighted by Crippen LogP contribution is 2.33. The number of halogens is 1. The number of aromatic nitrogens is 3. The molecule has 0 spiro atoms. The van der Waals surface area contributed by atoms with Crippen molar-refractivity contribution in [3.8, 4) is 0 Å². The van der Waals surface area contributed by atoms with E-state index in [1.54, 1.807) is 0 Å². The molecule has 0 atom stereocenters. The molecule has 0 bridgehead atoms. The van der Waals surface area contributed by atoms with Gasteiger partial charge in [0.1, 0.15) is 5.69 Å². The fourth-order valence-electron chi connectivity index (χ4n) is 1.55. The Hall–Kier alpha value is -0.570. The van der Waals surface area contributed by atoms with Gasteiger partial charge in [-0.1, -0.05) is 5.21 Å². The average Bonchev–Trinajstić information content (AvgIpc) is 2.86. The average molecular weight is 200 g/mol. The summed E-state index contributed by atoms with van der Waals surface area (Å²) in [6, 6.07) is 0. The van der Waals surface area contributed by atoms with Crippen LogP contribution in [0.4, 0.5) is 0 Å². The molecule has 4 heteroatoms. The quantitative estimate of drug-likeness (QED) is 0.695. The first-order valence-electron chi connectivity index (χ1n) is 4.82. The van der Waals surface area contributed by atoms with Crippen molar-refractivity contribution in [3.05, 3.63) is 11.4 Å². The van der Waals surface area contributed by atoms with E-state index in [0.29, 0.717) is 5.88 Å². The predicted molar refractivity (Wildman–Crippen MR) is 51.7 cm³/mol. The van der Waals surface area contributed by atoms with Crippen LogP contribution in [0.25, 0.3) is 0 Å². The van der Waals surface area contributed by atoms with Crippen LogP contribution in [0.3, 0.4) is 0 Å². The molecule has 1 aromatic heterocycles. The van der Waals surface area contributed by atoms with Gasteiger partial charge in [0.25, 0.3) is 0 Å². The summed E-state index contributed by atoms with van der Waals surface area (Å²) in [5.74, 6) is 1.35. The van der Waals surface area contributed by atoms with E-state index in [1.807, 2.05) is 4.68 Å². The summed E-state index contributed by atoms with van der Waals surface area (Å²) in [5, 5.41) is 8.14. The van der Waals surface area contributed by atoms with Crippen LogP contribution in [-0.4, -0.2) is 15.0 Å². The van der Waals surface area contributed by atoms with Gasteiger partial charge in [-0.2, -0.15) is 0 Å². The van der Waals surface area contributed by atoms with Crippen LogP contribution in [0.1, 0.15) is 31.2 Å². The Morgan fingerprint density at radius 1 is 1.54 bits per heavy atom. The van der Waals surface area contributed by atoms with E-state index in [4.69, 9.17) is 11.6 Å². The molecule has 0 unspecified atom stereocenters. The Labute approximate surface area is 83.1 Å². The van der Waals surface area contributed by atoms with Gasteiger partial charge in [-0.3, -0.25) is 0 Å². The molecule has 72 valence electrons. The van der Waals surface area contributed by atoms with Gasteiger partial charge < -0.3 is 0 Å². The molecular weight excluding hydrogens is 186 g/mol. The molecule has 1 heterocycles. The standard InChI is InChI=1S/C9H14ClN3/c1-2-13-9(5-7-3-4-7)8(6-10)11-12-13/h7H,2-6H2,1H3. The van der Waals surface area contributed by atoms with Crippen LogP contribution in [0.5, 0.6) is 0 Å². The van der Waals surface area contributed by atoms with Crippen molar-refractivity contribution in [1.82, 2.24) is 15.0 Å². The number of alkyl halides is 1. The van der Waals surface area contributed by atoms with Gasteiger partial charge in [0.05, 0.1) is 11.6 Å². The normalized spacial score (nSPS) is 16.5. The predicted octanol–water partition coefficient (Wildman–Crippen LogP) is 1.99. The van der Waals surface area contributed by atoms with Gasteiger partial charge >= 0.3 is 0 Å². The second-order valence-corrected chi connectivity index (χ2v) is 3.85. The fraction of sp³-hybridized carbons (Fsp3) is 0.778. The van der Waals surface area contributed by atoms with E-state index in [-0.39, 0.29) is 0 Å². The highest BCUT2D eigenvalue weighted by molar-refractivity contribution is 6.16. The molecule has 1 fully saturated rings. The lowest BCUT2D eigenvalue weighted by Gasteiger charge is -2.02. The summed E-state index contributed by atoms with van der Waals surface area (Å²) < 4.78 is 1.97. The van der Waals surface area contributed by atoms with E-state index in [0.717, 1.165) is 24.6 Å². The second-order valence-electron chi connectivity index (χ2n) is 3.58. The minimum atomic E-state index is 0.488. The summed E-state index contributed by atoms with van der Waals surface area (Å²) >= 11 is 5.79. The monoisotopic (exact) mass is 199 g/mol. The smallest absolute Gasteiger partial charge is 0.101 e. The molecule has 1 saturated carbocycles. The van der Waals surface area contributed by atoms with Gasteiger partial charge in [0, 0.05) is 6.54 Å². The molecule has 0 amide bonds. The van der Waals surface area contributed by atoms with Crippen LogP contribution >= 0.6 is 11.6 Å². The molecule has 0 radical (unpaired) electrons. The highest BCUT2D eigenvalue weighted by atomic mass is 35.5. The third kappa shape index (κ3) is 1.85. The van der Waals surface area contributed by atoms with Crippen molar-refractivity contribution in [2.45, 2.75) is 38.6 Å². The van der Waals surface area contributed by atoms with Crippen molar-refractivity contribution in [2.24, 2.45) is 5.92 Å². The van der Waals surface area contributed by atoms with Crippen LogP contribution in [0, 0.1) is 5.92 Å². The Morgan fingerprint density at radius 2 is 2.31 bits per heavy atom. The summed E-state index contributed by atoms with van der Waals surface area (Å²) in [6.07, 6.45) is 3.83. The van der Waals surface area contributed by atoms with Crippen molar-refractivity contribution >= 4 is 11.6 Å². The van der Waals surface area contributed by atoms with Gasteiger partial charge in [0.15, 0.2) is 0 Å². The van der Waals surface area contributed by atoms with E-state index >= 15 is 0 Å². The highest BCUT2D eigenvalue weighted by Gasteiger charge is 2.25. The summed E-state index contributed by atoms with van der Waals surface area (Å²) in [6.45, 7) is 2.98. The summed E-state index contributed by atoms with van der Waals surface area (Å²) in [4.78, 5) is 0. The largest absolute Gasteiger partial charge is 0.249 e. The SMILES string of the molecule is CCn1nnc(CCl)c1CC1CC1. The Balaban J connectivity index is 2.20. The second kappa shape index (κ2) is 3.66. The molecule has 1 aliphatic carbocycles. The maximum Gasteiger partial charge on any atom is 0.101 e. The van der Waals surface area contributed by atoms with Gasteiger partial charge in [0.2, 0.25) is 0 Å². The topological polar surface area (TPSA) is 30.7 Å². The van der Waals surface area contributed by atoms with Crippen molar-refractivity contribution in [1.29, 1.82) is 0 Å². The zero-order valence-electron chi connectivity index (χ0n) is 7.83. The Morgan fingerprint density at radius 3 is 2.85 bits per heavy atom. The number of hydrogen-bond donors (Lipinski definition) is 0. The number of aryl methyl sites for hydroxylation is 1. The summed E-state index contributed by atoms with van der Waals surface area (Å²) in [7, 11) is 0. The molecule has 0 saturated heterocycles. The maximum absolute atomic E-state index is 5.79. The van der Waals surface area contributed by atoms with Crippen molar-refractivity contribution in [2.75, 3.05) is 0 Å². The van der Waals surface area contributed by atoms with Crippen LogP contribution < -0.4 is 0 Å². The first-order chi connectivity index (χ1) is 6.35. The Kier molecular flexibility index (Phi) is 2.54. The number of hydrogen-bond acceptors (Lipinski definition) is 2. The van der Waals surface area contributed by atoms with Crippen LogP contribution in [0.15, 0.2) is 0 Å². The zero-order valence-corrected chi connectivity index (χ0v) is 8.59. The van der Waals surface area contributed by atoms with Crippen LogP contribution in [0.2, 0.25) is 0 Å². The van der Waals surface area contributed by atoms with Gasteiger partial charge in [-0.25, -0.2) is 4.68 Å². The molecular formula is C9H14ClN3. The fourth-order valence-corrected chi connectivity index (χ4v) is 1.75. The zero-order chi connectivity index (χ0) is 9.26. The minimum absolute atomic E-state index is 0.488. The van der Waals surface area contributed by atoms with Crippen molar-refractivity contribution < 1.29 is 0 Å². The third-order valence-corrected chi connectivity index (χ3v) is 2.78. The molecule has 1 aliphatic rings. The van der Waals surface area contributed by atoms with Gasteiger partial charge in [-0.15, -0.1) is 16.7 Å². The maximum atomic E-state index is 5.79. The molecule has 1 aromatic rings. The van der Waals surface area contributed by atoms with E-state index in [1.165, 1.54) is 18.5 Å². The molecule has 0 N–H and O–H groups in total. The number of rotatable bonds is 4. The molecule has 0 aliphatic heterocycles. The first-order valence-corrected chi connectivity index (χ1v) is 5.35. The number of nitrogens with zero attached hydrogens (tertiary/aromatic N) is 3. The summed E-state index contributed by atoms with van der Waals surface area (Å²) in [5.41, 5.74) is 2.22.